The van der Waals surface area contributed by atoms with E-state index < -0.39 is 0 Å². The standard InChI is InChI=1S/C17H12N2OS/c20-17(14-3-1-2-11-6-8-18-16(11)14)19-13-4-5-15-12(10-13)7-9-21-15/h1-10,18H,(H,19,20). The highest BCUT2D eigenvalue weighted by Crippen LogP contribution is 2.25. The number of anilines is 1. The number of carbonyl (C=O) groups excluding carboxylic acids is 1. The van der Waals surface area contributed by atoms with Crippen molar-refractivity contribution in [3.63, 3.8) is 0 Å². The van der Waals surface area contributed by atoms with Gasteiger partial charge in [0.25, 0.3) is 5.91 Å². The third-order valence-electron chi connectivity index (χ3n) is 3.54. The molecule has 0 saturated heterocycles. The second-order valence-corrected chi connectivity index (χ2v) is 5.82. The third-order valence-corrected chi connectivity index (χ3v) is 4.44. The SMILES string of the molecule is O=C(Nc1ccc2sccc2c1)c1cccc2cc[nH]c12. The summed E-state index contributed by atoms with van der Waals surface area (Å²) < 4.78 is 1.22. The minimum atomic E-state index is -0.0994. The number of hydrogen-bond acceptors (Lipinski definition) is 2. The molecule has 0 aliphatic carbocycles. The van der Waals surface area contributed by atoms with Crippen LogP contribution in [0.15, 0.2) is 60.1 Å². The Balaban J connectivity index is 1.70. The summed E-state index contributed by atoms with van der Waals surface area (Å²) in [6, 6.07) is 15.7. The third kappa shape index (κ3) is 2.10. The first kappa shape index (κ1) is 12.2. The summed E-state index contributed by atoms with van der Waals surface area (Å²) in [4.78, 5) is 15.6. The fourth-order valence-corrected chi connectivity index (χ4v) is 3.29. The molecular formula is C17H12N2OS. The van der Waals surface area contributed by atoms with E-state index >= 15 is 0 Å². The Morgan fingerprint density at radius 2 is 2.00 bits per heavy atom. The molecule has 0 spiro atoms. The van der Waals surface area contributed by atoms with Crippen LogP contribution in [0.3, 0.4) is 0 Å². The van der Waals surface area contributed by atoms with E-state index in [0.717, 1.165) is 22.0 Å². The topological polar surface area (TPSA) is 44.9 Å². The minimum Gasteiger partial charge on any atom is -0.361 e. The first-order valence-electron chi connectivity index (χ1n) is 6.66. The molecule has 4 heteroatoms. The van der Waals surface area contributed by atoms with Crippen LogP contribution in [-0.2, 0) is 0 Å². The van der Waals surface area contributed by atoms with Gasteiger partial charge in [-0.25, -0.2) is 0 Å². The lowest BCUT2D eigenvalue weighted by Crippen LogP contribution is -2.12. The van der Waals surface area contributed by atoms with Crippen molar-refractivity contribution in [1.29, 1.82) is 0 Å². The lowest BCUT2D eigenvalue weighted by Gasteiger charge is -2.06. The van der Waals surface area contributed by atoms with Crippen molar-refractivity contribution in [2.75, 3.05) is 5.32 Å². The van der Waals surface area contributed by atoms with Gasteiger partial charge in [0.05, 0.1) is 11.1 Å². The number of aromatic nitrogens is 1. The van der Waals surface area contributed by atoms with Gasteiger partial charge >= 0.3 is 0 Å². The number of para-hydroxylation sites is 1. The molecule has 4 rings (SSSR count). The van der Waals surface area contributed by atoms with Crippen LogP contribution >= 0.6 is 11.3 Å². The van der Waals surface area contributed by atoms with Crippen molar-refractivity contribution in [3.05, 3.63) is 65.7 Å². The predicted molar refractivity (Wildman–Crippen MR) is 88.1 cm³/mol. The van der Waals surface area contributed by atoms with Crippen LogP contribution in [0.2, 0.25) is 0 Å². The van der Waals surface area contributed by atoms with Crippen LogP contribution in [-0.4, -0.2) is 10.9 Å². The van der Waals surface area contributed by atoms with E-state index in [4.69, 9.17) is 0 Å². The zero-order chi connectivity index (χ0) is 14.2. The maximum absolute atomic E-state index is 12.5. The molecule has 102 valence electrons. The van der Waals surface area contributed by atoms with E-state index in [-0.39, 0.29) is 5.91 Å². The molecule has 0 bridgehead atoms. The molecule has 1 amide bonds. The van der Waals surface area contributed by atoms with Gasteiger partial charge < -0.3 is 10.3 Å². The van der Waals surface area contributed by atoms with Gasteiger partial charge in [-0.3, -0.25) is 4.79 Å². The summed E-state index contributed by atoms with van der Waals surface area (Å²) in [6.07, 6.45) is 1.85. The fourth-order valence-electron chi connectivity index (χ4n) is 2.52. The van der Waals surface area contributed by atoms with Gasteiger partial charge in [-0.05, 0) is 47.2 Å². The number of hydrogen-bond donors (Lipinski definition) is 2. The van der Waals surface area contributed by atoms with E-state index in [1.54, 1.807) is 11.3 Å². The van der Waals surface area contributed by atoms with E-state index in [1.165, 1.54) is 4.70 Å². The van der Waals surface area contributed by atoms with Crippen molar-refractivity contribution in [2.45, 2.75) is 0 Å². The first-order chi connectivity index (χ1) is 10.3. The van der Waals surface area contributed by atoms with Crippen molar-refractivity contribution in [3.8, 4) is 0 Å². The fraction of sp³-hybridized carbons (Fsp3) is 0. The van der Waals surface area contributed by atoms with Crippen LogP contribution in [0.1, 0.15) is 10.4 Å². The molecule has 0 aliphatic rings. The van der Waals surface area contributed by atoms with Gasteiger partial charge in [-0.1, -0.05) is 12.1 Å². The van der Waals surface area contributed by atoms with Gasteiger partial charge in [0.2, 0.25) is 0 Å². The van der Waals surface area contributed by atoms with Crippen molar-refractivity contribution >= 4 is 43.9 Å². The average Bonchev–Trinajstić information content (AvgIpc) is 3.14. The number of carbonyl (C=O) groups is 1. The largest absolute Gasteiger partial charge is 0.361 e. The molecule has 0 radical (unpaired) electrons. The van der Waals surface area contributed by atoms with E-state index in [2.05, 4.69) is 21.7 Å². The Bertz CT molecular complexity index is 951. The highest BCUT2D eigenvalue weighted by molar-refractivity contribution is 7.17. The van der Waals surface area contributed by atoms with E-state index in [1.807, 2.05) is 48.7 Å². The zero-order valence-electron chi connectivity index (χ0n) is 11.1. The predicted octanol–water partition coefficient (Wildman–Crippen LogP) is 4.63. The second kappa shape index (κ2) is 4.75. The first-order valence-corrected chi connectivity index (χ1v) is 7.54. The number of fused-ring (bicyclic) bond motifs is 2. The summed E-state index contributed by atoms with van der Waals surface area (Å²) in [5.41, 5.74) is 2.34. The molecule has 0 saturated carbocycles. The van der Waals surface area contributed by atoms with Crippen molar-refractivity contribution in [1.82, 2.24) is 4.98 Å². The summed E-state index contributed by atoms with van der Waals surface area (Å²) in [6.45, 7) is 0. The highest BCUT2D eigenvalue weighted by Gasteiger charge is 2.11. The zero-order valence-corrected chi connectivity index (χ0v) is 11.9. The number of thiophene rings is 1. The number of aromatic amines is 1. The summed E-state index contributed by atoms with van der Waals surface area (Å²) >= 11 is 1.70. The maximum Gasteiger partial charge on any atom is 0.257 e. The van der Waals surface area contributed by atoms with Crippen LogP contribution < -0.4 is 5.32 Å². The molecule has 0 unspecified atom stereocenters. The van der Waals surface area contributed by atoms with E-state index in [9.17, 15) is 4.79 Å². The Hall–Kier alpha value is -2.59. The van der Waals surface area contributed by atoms with Crippen LogP contribution in [0.5, 0.6) is 0 Å². The molecule has 0 atom stereocenters. The van der Waals surface area contributed by atoms with Gasteiger partial charge in [0, 0.05) is 22.0 Å². The molecule has 2 aromatic carbocycles. The van der Waals surface area contributed by atoms with E-state index in [0.29, 0.717) is 5.56 Å². The molecule has 4 aromatic rings. The summed E-state index contributed by atoms with van der Waals surface area (Å²) in [7, 11) is 0. The number of nitrogens with one attached hydrogen (secondary N) is 2. The number of rotatable bonds is 2. The monoisotopic (exact) mass is 292 g/mol. The second-order valence-electron chi connectivity index (χ2n) is 4.87. The van der Waals surface area contributed by atoms with Gasteiger partial charge in [-0.15, -0.1) is 11.3 Å². The van der Waals surface area contributed by atoms with Gasteiger partial charge in [0.1, 0.15) is 0 Å². The smallest absolute Gasteiger partial charge is 0.257 e. The molecule has 2 N–H and O–H groups in total. The molecule has 0 aliphatic heterocycles. The Morgan fingerprint density at radius 1 is 1.05 bits per heavy atom. The average molecular weight is 292 g/mol. The van der Waals surface area contributed by atoms with Gasteiger partial charge in [-0.2, -0.15) is 0 Å². The quantitative estimate of drug-likeness (QED) is 0.555. The molecule has 3 nitrogen and oxygen atoms in total. The normalized spacial score (nSPS) is 11.0. The van der Waals surface area contributed by atoms with Crippen LogP contribution in [0.4, 0.5) is 5.69 Å². The van der Waals surface area contributed by atoms with Crippen LogP contribution in [0.25, 0.3) is 21.0 Å². The number of benzene rings is 2. The lowest BCUT2D eigenvalue weighted by atomic mass is 10.1. The van der Waals surface area contributed by atoms with Gasteiger partial charge in [0.15, 0.2) is 0 Å². The molecule has 21 heavy (non-hydrogen) atoms. The Kier molecular flexibility index (Phi) is 2.75. The minimum absolute atomic E-state index is 0.0994. The molecule has 2 aromatic heterocycles. The van der Waals surface area contributed by atoms with Crippen LogP contribution in [0, 0.1) is 0 Å². The molecule has 0 fully saturated rings. The number of H-pyrrole nitrogens is 1. The lowest BCUT2D eigenvalue weighted by molar-refractivity contribution is 0.102. The highest BCUT2D eigenvalue weighted by atomic mass is 32.1. The summed E-state index contributed by atoms with van der Waals surface area (Å²) in [5, 5.41) is 7.21. The number of amides is 1. The summed E-state index contributed by atoms with van der Waals surface area (Å²) in [5.74, 6) is -0.0994. The molecular weight excluding hydrogens is 280 g/mol. The van der Waals surface area contributed by atoms with Crippen molar-refractivity contribution < 1.29 is 4.79 Å². The van der Waals surface area contributed by atoms with Crippen molar-refractivity contribution in [2.24, 2.45) is 0 Å². The maximum atomic E-state index is 12.5. The Labute approximate surface area is 125 Å². The Morgan fingerprint density at radius 3 is 2.95 bits per heavy atom. The molecule has 2 heterocycles.